The summed E-state index contributed by atoms with van der Waals surface area (Å²) in [7, 11) is 1.69. The molecule has 0 unspecified atom stereocenters. The second kappa shape index (κ2) is 6.48. The number of aromatic amines is 1. The van der Waals surface area contributed by atoms with Crippen LogP contribution in [-0.2, 0) is 4.79 Å². The number of carbonyl (C=O) groups excluding carboxylic acids is 1. The normalized spacial score (nSPS) is 21.5. The van der Waals surface area contributed by atoms with Crippen LogP contribution in [-0.4, -0.2) is 28.1 Å². The first-order valence-corrected chi connectivity index (χ1v) is 7.96. The summed E-state index contributed by atoms with van der Waals surface area (Å²) < 4.78 is 0. The highest BCUT2D eigenvalue weighted by atomic mass is 35.5. The molecule has 0 aliphatic heterocycles. The Labute approximate surface area is 134 Å². The molecule has 2 aromatic rings. The molecule has 6 heteroatoms. The van der Waals surface area contributed by atoms with E-state index in [1.54, 1.807) is 7.05 Å². The minimum Gasteiger partial charge on any atom is -0.359 e. The number of hydrogen-bond donors (Lipinski definition) is 2. The number of halogens is 1. The predicted octanol–water partition coefficient (Wildman–Crippen LogP) is 3.14. The average Bonchev–Trinajstić information content (AvgIpc) is 3.04. The van der Waals surface area contributed by atoms with Gasteiger partial charge >= 0.3 is 0 Å². The van der Waals surface area contributed by atoms with E-state index in [1.807, 2.05) is 24.3 Å². The standard InChI is InChI=1S/C16H19ClN4O/c1-18-16(22)13-5-3-2-4-12(13)15-19-14(20-21-15)10-6-8-11(17)9-7-10/h6-9,12-13H,2-5H2,1H3,(H,18,22)(H,19,20,21)/t12-,13+/m0/s1. The second-order valence-corrected chi connectivity index (χ2v) is 6.10. The summed E-state index contributed by atoms with van der Waals surface area (Å²) in [4.78, 5) is 16.7. The number of aromatic nitrogens is 3. The molecule has 0 spiro atoms. The molecule has 1 fully saturated rings. The molecule has 0 bridgehead atoms. The highest BCUT2D eigenvalue weighted by molar-refractivity contribution is 6.30. The van der Waals surface area contributed by atoms with Crippen molar-refractivity contribution < 1.29 is 4.79 Å². The van der Waals surface area contributed by atoms with Gasteiger partial charge in [-0.3, -0.25) is 9.89 Å². The van der Waals surface area contributed by atoms with Crippen molar-refractivity contribution in [1.29, 1.82) is 0 Å². The van der Waals surface area contributed by atoms with Gasteiger partial charge in [0.15, 0.2) is 5.82 Å². The van der Waals surface area contributed by atoms with Crippen LogP contribution in [0.4, 0.5) is 0 Å². The zero-order chi connectivity index (χ0) is 15.5. The van der Waals surface area contributed by atoms with Gasteiger partial charge in [0.05, 0.1) is 0 Å². The van der Waals surface area contributed by atoms with E-state index in [1.165, 1.54) is 0 Å². The maximum absolute atomic E-state index is 12.1. The van der Waals surface area contributed by atoms with Crippen molar-refractivity contribution in [3.05, 3.63) is 35.1 Å². The molecule has 0 radical (unpaired) electrons. The van der Waals surface area contributed by atoms with Gasteiger partial charge in [0.25, 0.3) is 0 Å². The third-order valence-corrected chi connectivity index (χ3v) is 4.56. The Balaban J connectivity index is 1.85. The molecule has 116 valence electrons. The zero-order valence-corrected chi connectivity index (χ0v) is 13.2. The van der Waals surface area contributed by atoms with Crippen LogP contribution in [0.15, 0.2) is 24.3 Å². The Kier molecular flexibility index (Phi) is 4.43. The molecule has 1 heterocycles. The van der Waals surface area contributed by atoms with Gasteiger partial charge in [-0.15, -0.1) is 0 Å². The van der Waals surface area contributed by atoms with Gasteiger partial charge in [-0.1, -0.05) is 24.4 Å². The summed E-state index contributed by atoms with van der Waals surface area (Å²) >= 11 is 5.90. The molecule has 1 amide bonds. The molecule has 1 aromatic carbocycles. The first-order valence-electron chi connectivity index (χ1n) is 7.59. The van der Waals surface area contributed by atoms with E-state index in [0.717, 1.165) is 37.1 Å². The van der Waals surface area contributed by atoms with Gasteiger partial charge in [-0.2, -0.15) is 5.10 Å². The minimum absolute atomic E-state index is 0.0234. The predicted molar refractivity (Wildman–Crippen MR) is 85.6 cm³/mol. The second-order valence-electron chi connectivity index (χ2n) is 5.66. The van der Waals surface area contributed by atoms with Gasteiger partial charge < -0.3 is 5.32 Å². The molecule has 5 nitrogen and oxygen atoms in total. The van der Waals surface area contributed by atoms with Crippen LogP contribution in [0.2, 0.25) is 5.02 Å². The van der Waals surface area contributed by atoms with Crippen molar-refractivity contribution in [2.24, 2.45) is 5.92 Å². The van der Waals surface area contributed by atoms with Crippen molar-refractivity contribution in [2.75, 3.05) is 7.05 Å². The van der Waals surface area contributed by atoms with Crippen LogP contribution < -0.4 is 5.32 Å². The van der Waals surface area contributed by atoms with Crippen molar-refractivity contribution in [1.82, 2.24) is 20.5 Å². The Hall–Kier alpha value is -1.88. The molecule has 3 rings (SSSR count). The van der Waals surface area contributed by atoms with Crippen LogP contribution in [0, 0.1) is 5.92 Å². The van der Waals surface area contributed by atoms with E-state index in [-0.39, 0.29) is 17.7 Å². The fourth-order valence-electron chi connectivity index (χ4n) is 3.13. The number of H-pyrrole nitrogens is 1. The first-order chi connectivity index (χ1) is 10.7. The molecule has 1 aliphatic rings. The zero-order valence-electron chi connectivity index (χ0n) is 12.5. The van der Waals surface area contributed by atoms with Crippen LogP contribution >= 0.6 is 11.6 Å². The number of rotatable bonds is 3. The van der Waals surface area contributed by atoms with Crippen LogP contribution in [0.1, 0.15) is 37.4 Å². The Morgan fingerprint density at radius 2 is 2.00 bits per heavy atom. The number of amides is 1. The lowest BCUT2D eigenvalue weighted by atomic mass is 9.78. The van der Waals surface area contributed by atoms with E-state index in [9.17, 15) is 4.79 Å². The van der Waals surface area contributed by atoms with Crippen molar-refractivity contribution >= 4 is 17.5 Å². The summed E-state index contributed by atoms with van der Waals surface area (Å²) in [5.41, 5.74) is 0.916. The number of hydrogen-bond acceptors (Lipinski definition) is 3. The highest BCUT2D eigenvalue weighted by Crippen LogP contribution is 2.36. The number of nitrogens with zero attached hydrogens (tertiary/aromatic N) is 2. The van der Waals surface area contributed by atoms with E-state index in [4.69, 9.17) is 11.6 Å². The first kappa shape index (κ1) is 15.0. The molecular formula is C16H19ClN4O. The molecule has 1 aromatic heterocycles. The van der Waals surface area contributed by atoms with Gasteiger partial charge in [0, 0.05) is 29.5 Å². The fraction of sp³-hybridized carbons (Fsp3) is 0.438. The Morgan fingerprint density at radius 3 is 2.73 bits per heavy atom. The summed E-state index contributed by atoms with van der Waals surface area (Å²) in [6.45, 7) is 0. The molecule has 0 saturated heterocycles. The largest absolute Gasteiger partial charge is 0.359 e. The van der Waals surface area contributed by atoms with Crippen LogP contribution in [0.25, 0.3) is 11.4 Å². The van der Waals surface area contributed by atoms with Gasteiger partial charge in [-0.25, -0.2) is 4.98 Å². The lowest BCUT2D eigenvalue weighted by molar-refractivity contribution is -0.126. The molecule has 2 N–H and O–H groups in total. The summed E-state index contributed by atoms with van der Waals surface area (Å²) in [6, 6.07) is 7.43. The summed E-state index contributed by atoms with van der Waals surface area (Å²) in [5.74, 6) is 1.63. The number of nitrogens with one attached hydrogen (secondary N) is 2. The Bertz CT molecular complexity index is 652. The third-order valence-electron chi connectivity index (χ3n) is 4.31. The molecule has 1 saturated carbocycles. The SMILES string of the molecule is CNC(=O)[C@@H]1CCCC[C@@H]1c1nc(-c2ccc(Cl)cc2)n[nH]1. The van der Waals surface area contributed by atoms with Crippen molar-refractivity contribution in [2.45, 2.75) is 31.6 Å². The van der Waals surface area contributed by atoms with E-state index in [0.29, 0.717) is 10.8 Å². The molecule has 22 heavy (non-hydrogen) atoms. The Morgan fingerprint density at radius 1 is 1.27 bits per heavy atom. The topological polar surface area (TPSA) is 70.7 Å². The third kappa shape index (κ3) is 2.99. The van der Waals surface area contributed by atoms with Gasteiger partial charge in [0.2, 0.25) is 5.91 Å². The monoisotopic (exact) mass is 318 g/mol. The van der Waals surface area contributed by atoms with E-state index < -0.39 is 0 Å². The highest BCUT2D eigenvalue weighted by Gasteiger charge is 2.33. The number of benzene rings is 1. The average molecular weight is 319 g/mol. The van der Waals surface area contributed by atoms with Crippen molar-refractivity contribution in [3.8, 4) is 11.4 Å². The van der Waals surface area contributed by atoms with E-state index in [2.05, 4.69) is 20.5 Å². The van der Waals surface area contributed by atoms with E-state index >= 15 is 0 Å². The minimum atomic E-state index is -0.0234. The van der Waals surface area contributed by atoms with Gasteiger partial charge in [0.1, 0.15) is 5.82 Å². The number of carbonyl (C=O) groups is 1. The van der Waals surface area contributed by atoms with Crippen LogP contribution in [0.5, 0.6) is 0 Å². The molecule has 1 aliphatic carbocycles. The maximum atomic E-state index is 12.1. The quantitative estimate of drug-likeness (QED) is 0.913. The van der Waals surface area contributed by atoms with Gasteiger partial charge in [-0.05, 0) is 37.1 Å². The molecule has 2 atom stereocenters. The lowest BCUT2D eigenvalue weighted by Crippen LogP contribution is -2.34. The van der Waals surface area contributed by atoms with Crippen molar-refractivity contribution in [3.63, 3.8) is 0 Å². The fourth-order valence-corrected chi connectivity index (χ4v) is 3.25. The van der Waals surface area contributed by atoms with Crippen LogP contribution in [0.3, 0.4) is 0 Å². The summed E-state index contributed by atoms with van der Waals surface area (Å²) in [5, 5.41) is 10.8. The lowest BCUT2D eigenvalue weighted by Gasteiger charge is -2.28. The molecular weight excluding hydrogens is 300 g/mol. The summed E-state index contributed by atoms with van der Waals surface area (Å²) in [6.07, 6.45) is 4.08. The smallest absolute Gasteiger partial charge is 0.223 e. The maximum Gasteiger partial charge on any atom is 0.223 e.